The summed E-state index contributed by atoms with van der Waals surface area (Å²) in [6.07, 6.45) is 0.588. The van der Waals surface area contributed by atoms with E-state index in [9.17, 15) is 9.59 Å². The standard InChI is InChI=1S/C15H18N4O4/c1-4-22-15(21)13-10-8-19(6-5-11(10)16-18(13)3)14(20)12-7-9(2)23-17-12/h7H,4-6,8H2,1-3H3. The molecule has 0 atom stereocenters. The molecule has 8 nitrogen and oxygen atoms in total. The number of aryl methyl sites for hydroxylation is 2. The van der Waals surface area contributed by atoms with Crippen LogP contribution in [0.2, 0.25) is 0 Å². The summed E-state index contributed by atoms with van der Waals surface area (Å²) in [5, 5.41) is 8.13. The number of rotatable bonds is 3. The molecule has 0 saturated heterocycles. The number of esters is 1. The molecule has 0 spiro atoms. The third-order valence-corrected chi connectivity index (χ3v) is 3.80. The normalized spacial score (nSPS) is 13.8. The van der Waals surface area contributed by atoms with Crippen molar-refractivity contribution in [3.05, 3.63) is 34.5 Å². The van der Waals surface area contributed by atoms with Crippen LogP contribution in [0.15, 0.2) is 10.6 Å². The number of carbonyl (C=O) groups is 2. The molecule has 122 valence electrons. The molecule has 0 radical (unpaired) electrons. The predicted molar refractivity (Wildman–Crippen MR) is 78.8 cm³/mol. The Balaban J connectivity index is 1.87. The zero-order chi connectivity index (χ0) is 16.6. The van der Waals surface area contributed by atoms with Crippen LogP contribution in [0.3, 0.4) is 0 Å². The predicted octanol–water partition coefficient (Wildman–Crippen LogP) is 1.09. The van der Waals surface area contributed by atoms with Gasteiger partial charge in [-0.2, -0.15) is 5.10 Å². The summed E-state index contributed by atoms with van der Waals surface area (Å²) < 4.78 is 11.6. The number of fused-ring (bicyclic) bond motifs is 1. The monoisotopic (exact) mass is 318 g/mol. The lowest BCUT2D eigenvalue weighted by Crippen LogP contribution is -2.36. The van der Waals surface area contributed by atoms with Crippen LogP contribution < -0.4 is 0 Å². The number of nitrogens with zero attached hydrogens (tertiary/aromatic N) is 4. The molecule has 1 amide bonds. The van der Waals surface area contributed by atoms with Gasteiger partial charge in [0.05, 0.1) is 18.8 Å². The minimum Gasteiger partial charge on any atom is -0.461 e. The van der Waals surface area contributed by atoms with Gasteiger partial charge in [0.25, 0.3) is 5.91 Å². The molecule has 0 bridgehead atoms. The van der Waals surface area contributed by atoms with Crippen molar-refractivity contribution in [3.8, 4) is 0 Å². The average molecular weight is 318 g/mol. The smallest absolute Gasteiger partial charge is 0.356 e. The molecule has 0 aliphatic carbocycles. The minimum absolute atomic E-state index is 0.217. The van der Waals surface area contributed by atoms with E-state index >= 15 is 0 Å². The van der Waals surface area contributed by atoms with Crippen LogP contribution in [-0.2, 0) is 24.8 Å². The van der Waals surface area contributed by atoms with E-state index in [4.69, 9.17) is 9.26 Å². The zero-order valence-corrected chi connectivity index (χ0v) is 13.3. The molecule has 0 fully saturated rings. The van der Waals surface area contributed by atoms with Crippen molar-refractivity contribution in [1.82, 2.24) is 19.8 Å². The van der Waals surface area contributed by atoms with Crippen molar-refractivity contribution in [2.24, 2.45) is 7.05 Å². The number of carbonyl (C=O) groups excluding carboxylic acids is 2. The summed E-state index contributed by atoms with van der Waals surface area (Å²) in [4.78, 5) is 26.3. The van der Waals surface area contributed by atoms with E-state index < -0.39 is 5.97 Å². The third kappa shape index (κ3) is 2.71. The van der Waals surface area contributed by atoms with Crippen LogP contribution in [-0.4, -0.2) is 44.9 Å². The second-order valence-electron chi connectivity index (χ2n) is 5.42. The van der Waals surface area contributed by atoms with E-state index in [0.717, 1.165) is 11.3 Å². The van der Waals surface area contributed by atoms with E-state index in [0.29, 0.717) is 37.6 Å². The first-order valence-corrected chi connectivity index (χ1v) is 7.45. The first kappa shape index (κ1) is 15.3. The van der Waals surface area contributed by atoms with Crippen LogP contribution in [0.4, 0.5) is 0 Å². The lowest BCUT2D eigenvalue weighted by molar-refractivity contribution is 0.0507. The fraction of sp³-hybridized carbons (Fsp3) is 0.467. The second kappa shape index (κ2) is 5.86. The maximum Gasteiger partial charge on any atom is 0.356 e. The Hall–Kier alpha value is -2.64. The lowest BCUT2D eigenvalue weighted by atomic mass is 10.0. The largest absolute Gasteiger partial charge is 0.461 e. The highest BCUT2D eigenvalue weighted by Gasteiger charge is 2.31. The zero-order valence-electron chi connectivity index (χ0n) is 13.3. The fourth-order valence-corrected chi connectivity index (χ4v) is 2.76. The summed E-state index contributed by atoms with van der Waals surface area (Å²) in [5.74, 6) is -0.0545. The Bertz CT molecular complexity index is 762. The quantitative estimate of drug-likeness (QED) is 0.787. The van der Waals surface area contributed by atoms with Gasteiger partial charge in [-0.1, -0.05) is 5.16 Å². The molecule has 3 heterocycles. The number of hydrogen-bond donors (Lipinski definition) is 0. The molecule has 8 heteroatoms. The van der Waals surface area contributed by atoms with Gasteiger partial charge in [-0.15, -0.1) is 0 Å². The van der Waals surface area contributed by atoms with Gasteiger partial charge < -0.3 is 14.2 Å². The van der Waals surface area contributed by atoms with Crippen molar-refractivity contribution in [2.75, 3.05) is 13.2 Å². The van der Waals surface area contributed by atoms with E-state index in [1.165, 1.54) is 4.68 Å². The van der Waals surface area contributed by atoms with Gasteiger partial charge in [-0.25, -0.2) is 4.79 Å². The first-order chi connectivity index (χ1) is 11.0. The lowest BCUT2D eigenvalue weighted by Gasteiger charge is -2.25. The van der Waals surface area contributed by atoms with Gasteiger partial charge in [0.2, 0.25) is 0 Å². The Morgan fingerprint density at radius 2 is 2.22 bits per heavy atom. The Morgan fingerprint density at radius 3 is 2.87 bits per heavy atom. The van der Waals surface area contributed by atoms with Crippen molar-refractivity contribution in [1.29, 1.82) is 0 Å². The van der Waals surface area contributed by atoms with Crippen LogP contribution in [0, 0.1) is 6.92 Å². The highest BCUT2D eigenvalue weighted by Crippen LogP contribution is 2.24. The number of aromatic nitrogens is 3. The molecule has 1 aliphatic rings. The van der Waals surface area contributed by atoms with Gasteiger partial charge in [-0.05, 0) is 13.8 Å². The van der Waals surface area contributed by atoms with E-state index in [-0.39, 0.29) is 11.6 Å². The molecule has 2 aromatic heterocycles. The first-order valence-electron chi connectivity index (χ1n) is 7.45. The molecule has 1 aliphatic heterocycles. The topological polar surface area (TPSA) is 90.5 Å². The minimum atomic E-state index is -0.421. The Labute approximate surface area is 133 Å². The summed E-state index contributed by atoms with van der Waals surface area (Å²) in [5.41, 5.74) is 2.24. The molecule has 0 unspecified atom stereocenters. The van der Waals surface area contributed by atoms with Crippen LogP contribution >= 0.6 is 0 Å². The second-order valence-corrected chi connectivity index (χ2v) is 5.42. The fourth-order valence-electron chi connectivity index (χ4n) is 2.76. The van der Waals surface area contributed by atoms with Crippen molar-refractivity contribution in [2.45, 2.75) is 26.8 Å². The van der Waals surface area contributed by atoms with Gasteiger partial charge in [0.1, 0.15) is 5.76 Å². The van der Waals surface area contributed by atoms with Gasteiger partial charge >= 0.3 is 5.97 Å². The van der Waals surface area contributed by atoms with Crippen LogP contribution in [0.25, 0.3) is 0 Å². The van der Waals surface area contributed by atoms with Crippen molar-refractivity contribution in [3.63, 3.8) is 0 Å². The molecule has 3 rings (SSSR count). The number of ether oxygens (including phenoxy) is 1. The van der Waals surface area contributed by atoms with Gasteiger partial charge in [0.15, 0.2) is 11.4 Å². The van der Waals surface area contributed by atoms with Crippen LogP contribution in [0.1, 0.15) is 44.9 Å². The molecule has 0 N–H and O–H groups in total. The SMILES string of the molecule is CCOC(=O)c1c2c(nn1C)CCN(C(=O)c1cc(C)on1)C2. The van der Waals surface area contributed by atoms with E-state index in [1.807, 2.05) is 0 Å². The molecular formula is C15H18N4O4. The Morgan fingerprint density at radius 1 is 1.43 bits per heavy atom. The number of hydrogen-bond acceptors (Lipinski definition) is 6. The van der Waals surface area contributed by atoms with Gasteiger partial charge in [0, 0.05) is 31.6 Å². The average Bonchev–Trinajstić information content (AvgIpc) is 3.08. The molecule has 23 heavy (non-hydrogen) atoms. The van der Waals surface area contributed by atoms with Crippen LogP contribution in [0.5, 0.6) is 0 Å². The van der Waals surface area contributed by atoms with E-state index in [2.05, 4.69) is 10.3 Å². The molecule has 0 aromatic carbocycles. The van der Waals surface area contributed by atoms with Crippen molar-refractivity contribution < 1.29 is 18.8 Å². The Kier molecular flexibility index (Phi) is 3.89. The summed E-state index contributed by atoms with van der Waals surface area (Å²) >= 11 is 0. The molecule has 2 aromatic rings. The summed E-state index contributed by atoms with van der Waals surface area (Å²) in [6.45, 7) is 4.61. The van der Waals surface area contributed by atoms with Gasteiger partial charge in [-0.3, -0.25) is 9.48 Å². The third-order valence-electron chi connectivity index (χ3n) is 3.80. The molecule has 0 saturated carbocycles. The number of amides is 1. The van der Waals surface area contributed by atoms with Crippen molar-refractivity contribution >= 4 is 11.9 Å². The highest BCUT2D eigenvalue weighted by molar-refractivity contribution is 5.93. The summed E-state index contributed by atoms with van der Waals surface area (Å²) in [6, 6.07) is 1.60. The highest BCUT2D eigenvalue weighted by atomic mass is 16.5. The molecular weight excluding hydrogens is 300 g/mol. The summed E-state index contributed by atoms with van der Waals surface area (Å²) in [7, 11) is 1.71. The van der Waals surface area contributed by atoms with E-state index in [1.54, 1.807) is 31.9 Å². The maximum atomic E-state index is 12.5. The maximum absolute atomic E-state index is 12.5.